The van der Waals surface area contributed by atoms with E-state index in [2.05, 4.69) is 17.6 Å². The van der Waals surface area contributed by atoms with Crippen LogP contribution in [-0.4, -0.2) is 33.8 Å². The van der Waals surface area contributed by atoms with Crippen LogP contribution in [0.25, 0.3) is 11.0 Å². The molecule has 2 aliphatic rings. The Hall–Kier alpha value is -2.89. The largest absolute Gasteiger partial charge is 0.460 e. The maximum atomic E-state index is 13.7. The van der Waals surface area contributed by atoms with Crippen molar-refractivity contribution < 1.29 is 13.9 Å². The molecule has 1 aromatic heterocycles. The molecule has 0 spiro atoms. The SMILES string of the molecule is Cc1ccc2nc3n(c2c1)[C@@H]1C[C@H]3N(C)C(=O)c2cccc(OC(C)F)c21. The Morgan fingerprint density at radius 3 is 2.85 bits per heavy atom. The Balaban J connectivity index is 1.82. The zero-order chi connectivity index (χ0) is 18.9. The molecule has 2 bridgehead atoms. The number of hydrogen-bond acceptors (Lipinski definition) is 3. The van der Waals surface area contributed by atoms with Crippen LogP contribution in [0.2, 0.25) is 0 Å². The minimum Gasteiger partial charge on any atom is -0.460 e. The molecule has 2 aliphatic heterocycles. The number of imidazole rings is 1. The number of nitrogens with zero attached hydrogens (tertiary/aromatic N) is 3. The first kappa shape index (κ1) is 16.3. The lowest BCUT2D eigenvalue weighted by Crippen LogP contribution is -2.30. The number of benzene rings is 2. The predicted octanol–water partition coefficient (Wildman–Crippen LogP) is 4.16. The molecule has 0 aliphatic carbocycles. The van der Waals surface area contributed by atoms with Gasteiger partial charge in [0, 0.05) is 31.5 Å². The second kappa shape index (κ2) is 5.55. The highest BCUT2D eigenvalue weighted by Crippen LogP contribution is 2.49. The van der Waals surface area contributed by atoms with Crippen LogP contribution in [0.3, 0.4) is 0 Å². The fourth-order valence-electron chi connectivity index (χ4n) is 4.47. The highest BCUT2D eigenvalue weighted by molar-refractivity contribution is 5.97. The van der Waals surface area contributed by atoms with Crippen molar-refractivity contribution in [3.63, 3.8) is 0 Å². The number of amides is 1. The molecule has 138 valence electrons. The first-order chi connectivity index (χ1) is 13.0. The quantitative estimate of drug-likeness (QED) is 0.685. The molecule has 0 saturated heterocycles. The number of aryl methyl sites for hydroxylation is 1. The maximum absolute atomic E-state index is 13.7. The lowest BCUT2D eigenvalue weighted by Gasteiger charge is -2.25. The summed E-state index contributed by atoms with van der Waals surface area (Å²) in [5, 5.41) is 0. The summed E-state index contributed by atoms with van der Waals surface area (Å²) in [7, 11) is 1.81. The Bertz CT molecular complexity index is 1090. The standard InChI is InChI=1S/C21H20FN3O2/c1-11-7-8-14-15(9-11)25-16-10-17(20(25)23-14)24(3)21(26)13-5-4-6-18(19(13)16)27-12(2)22/h4-9,12,16-17H,10H2,1-3H3/t12?,16-,17-/m1/s1. The molecule has 6 heteroatoms. The van der Waals surface area contributed by atoms with E-state index >= 15 is 0 Å². The van der Waals surface area contributed by atoms with Gasteiger partial charge >= 0.3 is 0 Å². The lowest BCUT2D eigenvalue weighted by atomic mass is 9.97. The number of carbonyl (C=O) groups excluding carboxylic acids is 1. The number of hydrogen-bond donors (Lipinski definition) is 0. The van der Waals surface area contributed by atoms with Gasteiger partial charge in [-0.3, -0.25) is 4.79 Å². The molecule has 3 heterocycles. The highest BCUT2D eigenvalue weighted by Gasteiger charge is 2.44. The van der Waals surface area contributed by atoms with Crippen LogP contribution >= 0.6 is 0 Å². The summed E-state index contributed by atoms with van der Waals surface area (Å²) < 4.78 is 21.3. The van der Waals surface area contributed by atoms with Crippen LogP contribution in [0.1, 0.15) is 52.7 Å². The Labute approximate surface area is 156 Å². The van der Waals surface area contributed by atoms with Crippen molar-refractivity contribution >= 4 is 16.9 Å². The zero-order valence-corrected chi connectivity index (χ0v) is 15.4. The molecule has 3 aromatic rings. The van der Waals surface area contributed by atoms with Gasteiger partial charge in [-0.15, -0.1) is 0 Å². The third kappa shape index (κ3) is 2.22. The van der Waals surface area contributed by atoms with Gasteiger partial charge in [0.05, 0.1) is 23.1 Å². The van der Waals surface area contributed by atoms with E-state index in [1.165, 1.54) is 6.92 Å². The van der Waals surface area contributed by atoms with Gasteiger partial charge in [0.15, 0.2) is 0 Å². The normalized spacial score (nSPS) is 21.8. The monoisotopic (exact) mass is 365 g/mol. The van der Waals surface area contributed by atoms with E-state index in [4.69, 9.17) is 9.72 Å². The summed E-state index contributed by atoms with van der Waals surface area (Å²) >= 11 is 0. The van der Waals surface area contributed by atoms with Gasteiger partial charge in [-0.25, -0.2) is 9.37 Å². The Morgan fingerprint density at radius 2 is 2.07 bits per heavy atom. The molecule has 0 fully saturated rings. The summed E-state index contributed by atoms with van der Waals surface area (Å²) in [6, 6.07) is 11.2. The summed E-state index contributed by atoms with van der Waals surface area (Å²) in [4.78, 5) is 19.7. The van der Waals surface area contributed by atoms with Crippen LogP contribution in [0.4, 0.5) is 4.39 Å². The molecule has 0 saturated carbocycles. The number of fused-ring (bicyclic) bond motifs is 9. The minimum atomic E-state index is -1.45. The molecule has 0 N–H and O–H groups in total. The van der Waals surface area contributed by atoms with Gasteiger partial charge in [-0.1, -0.05) is 12.1 Å². The van der Waals surface area contributed by atoms with Gasteiger partial charge in [0.1, 0.15) is 11.6 Å². The fraction of sp³-hybridized carbons (Fsp3) is 0.333. The predicted molar refractivity (Wildman–Crippen MR) is 99.7 cm³/mol. The first-order valence-corrected chi connectivity index (χ1v) is 9.15. The third-order valence-corrected chi connectivity index (χ3v) is 5.64. The van der Waals surface area contributed by atoms with Crippen LogP contribution in [0.5, 0.6) is 5.75 Å². The van der Waals surface area contributed by atoms with Crippen molar-refractivity contribution in [2.45, 2.75) is 38.7 Å². The van der Waals surface area contributed by atoms with Crippen LogP contribution in [0, 0.1) is 6.92 Å². The molecule has 0 radical (unpaired) electrons. The van der Waals surface area contributed by atoms with Gasteiger partial charge in [-0.05, 0) is 36.8 Å². The van der Waals surface area contributed by atoms with Crippen molar-refractivity contribution in [3.05, 3.63) is 58.9 Å². The smallest absolute Gasteiger partial charge is 0.254 e. The number of ether oxygens (including phenoxy) is 1. The fourth-order valence-corrected chi connectivity index (χ4v) is 4.47. The molecular weight excluding hydrogens is 345 g/mol. The van der Waals surface area contributed by atoms with Crippen LogP contribution in [-0.2, 0) is 0 Å². The van der Waals surface area contributed by atoms with Crippen molar-refractivity contribution in [3.8, 4) is 5.75 Å². The molecule has 1 amide bonds. The van der Waals surface area contributed by atoms with Crippen molar-refractivity contribution in [1.29, 1.82) is 0 Å². The van der Waals surface area contributed by atoms with E-state index in [0.29, 0.717) is 17.7 Å². The minimum absolute atomic E-state index is 0.0797. The lowest BCUT2D eigenvalue weighted by molar-refractivity contribution is 0.0729. The number of rotatable bonds is 2. The summed E-state index contributed by atoms with van der Waals surface area (Å²) in [6.45, 7) is 3.40. The summed E-state index contributed by atoms with van der Waals surface area (Å²) in [5.41, 5.74) is 4.42. The van der Waals surface area contributed by atoms with E-state index in [0.717, 1.165) is 28.0 Å². The van der Waals surface area contributed by atoms with E-state index in [1.54, 1.807) is 23.1 Å². The van der Waals surface area contributed by atoms with Crippen molar-refractivity contribution in [1.82, 2.24) is 14.5 Å². The Kier molecular flexibility index (Phi) is 3.35. The number of carbonyl (C=O) groups is 1. The topological polar surface area (TPSA) is 47.4 Å². The highest BCUT2D eigenvalue weighted by atomic mass is 19.1. The Morgan fingerprint density at radius 1 is 1.26 bits per heavy atom. The molecule has 27 heavy (non-hydrogen) atoms. The summed E-state index contributed by atoms with van der Waals surface area (Å²) in [6.07, 6.45) is -0.742. The number of halogens is 1. The van der Waals surface area contributed by atoms with E-state index in [9.17, 15) is 9.18 Å². The molecule has 3 atom stereocenters. The average molecular weight is 365 g/mol. The molecule has 1 unspecified atom stereocenters. The molecule has 2 aromatic carbocycles. The molecule has 5 rings (SSSR count). The zero-order valence-electron chi connectivity index (χ0n) is 15.4. The van der Waals surface area contributed by atoms with E-state index in [-0.39, 0.29) is 18.0 Å². The van der Waals surface area contributed by atoms with Crippen molar-refractivity contribution in [2.24, 2.45) is 0 Å². The average Bonchev–Trinajstić information content (AvgIpc) is 3.14. The van der Waals surface area contributed by atoms with Gasteiger partial charge in [0.2, 0.25) is 6.36 Å². The first-order valence-electron chi connectivity index (χ1n) is 9.15. The molecular formula is C21H20FN3O2. The van der Waals surface area contributed by atoms with Crippen LogP contribution < -0.4 is 4.74 Å². The van der Waals surface area contributed by atoms with Gasteiger partial charge in [0.25, 0.3) is 5.91 Å². The van der Waals surface area contributed by atoms with E-state index < -0.39 is 6.36 Å². The number of aromatic nitrogens is 2. The van der Waals surface area contributed by atoms with E-state index in [1.807, 2.05) is 19.2 Å². The summed E-state index contributed by atoms with van der Waals surface area (Å²) in [5.74, 6) is 1.23. The van der Waals surface area contributed by atoms with Crippen LogP contribution in [0.15, 0.2) is 36.4 Å². The maximum Gasteiger partial charge on any atom is 0.254 e. The number of alkyl halides is 1. The third-order valence-electron chi connectivity index (χ3n) is 5.64. The van der Waals surface area contributed by atoms with Gasteiger partial charge in [-0.2, -0.15) is 0 Å². The molecule has 5 nitrogen and oxygen atoms in total. The second-order valence-corrected chi connectivity index (χ2v) is 7.39. The van der Waals surface area contributed by atoms with Gasteiger partial charge < -0.3 is 14.2 Å². The second-order valence-electron chi connectivity index (χ2n) is 7.39. The van der Waals surface area contributed by atoms with Crippen molar-refractivity contribution in [2.75, 3.05) is 7.05 Å².